The second-order valence-corrected chi connectivity index (χ2v) is 5.60. The van der Waals surface area contributed by atoms with Crippen LogP contribution in [-0.4, -0.2) is 19.5 Å². The Morgan fingerprint density at radius 2 is 2.32 bits per heavy atom. The Labute approximate surface area is 123 Å². The van der Waals surface area contributed by atoms with Crippen LogP contribution in [0.4, 0.5) is 0 Å². The van der Waals surface area contributed by atoms with Crippen LogP contribution in [0.2, 0.25) is 5.02 Å². The topological polar surface area (TPSA) is 56.7 Å². The van der Waals surface area contributed by atoms with Gasteiger partial charge in [0.2, 0.25) is 0 Å². The summed E-state index contributed by atoms with van der Waals surface area (Å²) in [5, 5.41) is 0.600. The van der Waals surface area contributed by atoms with Crippen molar-refractivity contribution in [2.75, 3.05) is 0 Å². The van der Waals surface area contributed by atoms with Crippen LogP contribution in [-0.2, 0) is 13.0 Å². The Morgan fingerprint density at radius 3 is 2.95 bits per heavy atom. The van der Waals surface area contributed by atoms with E-state index in [1.807, 2.05) is 13.0 Å². The van der Waals surface area contributed by atoms with E-state index in [2.05, 4.69) is 21.5 Å². The first kappa shape index (κ1) is 14.2. The van der Waals surface area contributed by atoms with Crippen LogP contribution in [0.25, 0.3) is 11.2 Å². The maximum Gasteiger partial charge on any atom is 0.160 e. The summed E-state index contributed by atoms with van der Waals surface area (Å²) >= 11 is 11.0. The van der Waals surface area contributed by atoms with Gasteiger partial charge in [-0.05, 0) is 12.5 Å². The lowest BCUT2D eigenvalue weighted by molar-refractivity contribution is 0.579. The molecule has 0 aromatic carbocycles. The molecular formula is C13H17ClN4S. The second kappa shape index (κ2) is 5.84. The highest BCUT2D eigenvalue weighted by Crippen LogP contribution is 2.20. The fourth-order valence-electron chi connectivity index (χ4n) is 2.00. The van der Waals surface area contributed by atoms with E-state index >= 15 is 0 Å². The number of imidazole rings is 1. The minimum absolute atomic E-state index is 0.112. The summed E-state index contributed by atoms with van der Waals surface area (Å²) in [6, 6.07) is 1.84. The monoisotopic (exact) mass is 296 g/mol. The number of halogens is 1. The van der Waals surface area contributed by atoms with Gasteiger partial charge in [-0.1, -0.05) is 37.7 Å². The highest BCUT2D eigenvalue weighted by molar-refractivity contribution is 7.80. The molecule has 1 atom stereocenters. The Bertz CT molecular complexity index is 608. The molecule has 6 heteroatoms. The zero-order valence-electron chi connectivity index (χ0n) is 11.1. The van der Waals surface area contributed by atoms with Crippen LogP contribution >= 0.6 is 23.8 Å². The van der Waals surface area contributed by atoms with Crippen molar-refractivity contribution in [1.29, 1.82) is 0 Å². The summed E-state index contributed by atoms with van der Waals surface area (Å²) < 4.78 is 2.10. The van der Waals surface area contributed by atoms with Gasteiger partial charge in [-0.2, -0.15) is 0 Å². The van der Waals surface area contributed by atoms with Crippen LogP contribution in [0.1, 0.15) is 26.1 Å². The van der Waals surface area contributed by atoms with Crippen LogP contribution in [0.5, 0.6) is 0 Å². The Balaban J connectivity index is 2.48. The molecule has 1 unspecified atom stereocenters. The lowest BCUT2D eigenvalue weighted by Gasteiger charge is -2.13. The predicted molar refractivity (Wildman–Crippen MR) is 82.5 cm³/mol. The number of rotatable bonds is 5. The normalized spacial score (nSPS) is 12.8. The molecule has 4 nitrogen and oxygen atoms in total. The third-order valence-electron chi connectivity index (χ3n) is 3.05. The zero-order valence-corrected chi connectivity index (χ0v) is 12.6. The van der Waals surface area contributed by atoms with Gasteiger partial charge in [-0.15, -0.1) is 0 Å². The van der Waals surface area contributed by atoms with E-state index < -0.39 is 0 Å². The summed E-state index contributed by atoms with van der Waals surface area (Å²) in [6.45, 7) is 4.84. The van der Waals surface area contributed by atoms with Crippen LogP contribution < -0.4 is 5.73 Å². The number of fused-ring (bicyclic) bond motifs is 1. The van der Waals surface area contributed by atoms with Gasteiger partial charge < -0.3 is 10.3 Å². The molecule has 0 saturated carbocycles. The molecule has 0 aliphatic heterocycles. The fourth-order valence-corrected chi connectivity index (χ4v) is 2.23. The number of thiocarbonyl (C=S) groups is 1. The third-order valence-corrected chi connectivity index (χ3v) is 3.66. The molecule has 0 radical (unpaired) electrons. The van der Waals surface area contributed by atoms with Crippen molar-refractivity contribution >= 4 is 40.0 Å². The van der Waals surface area contributed by atoms with Crippen molar-refractivity contribution < 1.29 is 0 Å². The standard InChI is InChI=1S/C13H17ClN4S/c1-3-4-11-17-10-5-9(14)6-16-13(10)18(11)7-8(2)12(15)19/h5-6,8H,3-4,7H2,1-2H3,(H2,15,19). The Hall–Kier alpha value is -1.20. The van der Waals surface area contributed by atoms with Crippen molar-refractivity contribution in [3.63, 3.8) is 0 Å². The maximum atomic E-state index is 5.96. The lowest BCUT2D eigenvalue weighted by Crippen LogP contribution is -2.23. The molecule has 2 aromatic rings. The number of nitrogens with two attached hydrogens (primary N) is 1. The van der Waals surface area contributed by atoms with Crippen molar-refractivity contribution in [3.05, 3.63) is 23.1 Å². The van der Waals surface area contributed by atoms with Crippen molar-refractivity contribution in [2.24, 2.45) is 11.7 Å². The van der Waals surface area contributed by atoms with E-state index in [-0.39, 0.29) is 5.92 Å². The van der Waals surface area contributed by atoms with E-state index in [9.17, 15) is 0 Å². The largest absolute Gasteiger partial charge is 0.393 e. The molecule has 19 heavy (non-hydrogen) atoms. The minimum atomic E-state index is 0.112. The maximum absolute atomic E-state index is 5.96. The van der Waals surface area contributed by atoms with Gasteiger partial charge in [0.1, 0.15) is 11.3 Å². The SMILES string of the molecule is CCCc1nc2cc(Cl)cnc2n1CC(C)C(N)=S. The van der Waals surface area contributed by atoms with Gasteiger partial charge in [0.15, 0.2) is 5.65 Å². The molecule has 0 amide bonds. The first-order valence-corrected chi connectivity index (χ1v) is 7.11. The lowest BCUT2D eigenvalue weighted by atomic mass is 10.2. The van der Waals surface area contributed by atoms with Crippen LogP contribution in [0.15, 0.2) is 12.3 Å². The van der Waals surface area contributed by atoms with Crippen molar-refractivity contribution in [2.45, 2.75) is 33.2 Å². The van der Waals surface area contributed by atoms with E-state index in [1.54, 1.807) is 6.20 Å². The molecule has 2 aromatic heterocycles. The Kier molecular flexibility index (Phi) is 4.37. The van der Waals surface area contributed by atoms with Gasteiger partial charge in [-0.25, -0.2) is 9.97 Å². The van der Waals surface area contributed by atoms with Gasteiger partial charge in [0, 0.05) is 25.1 Å². The Morgan fingerprint density at radius 1 is 1.58 bits per heavy atom. The quantitative estimate of drug-likeness (QED) is 0.862. The van der Waals surface area contributed by atoms with E-state index in [1.165, 1.54) is 0 Å². The average Bonchev–Trinajstić information content (AvgIpc) is 2.67. The summed E-state index contributed by atoms with van der Waals surface area (Å²) in [6.07, 6.45) is 3.57. The van der Waals surface area contributed by atoms with Gasteiger partial charge in [0.25, 0.3) is 0 Å². The molecule has 0 saturated heterocycles. The van der Waals surface area contributed by atoms with Crippen LogP contribution in [0, 0.1) is 5.92 Å². The summed E-state index contributed by atoms with van der Waals surface area (Å²) in [7, 11) is 0. The molecule has 0 aliphatic rings. The number of aryl methyl sites for hydroxylation is 1. The molecular weight excluding hydrogens is 280 g/mol. The summed E-state index contributed by atoms with van der Waals surface area (Å²) in [4.78, 5) is 9.50. The molecule has 0 bridgehead atoms. The molecule has 2 N–H and O–H groups in total. The first-order chi connectivity index (χ1) is 9.02. The van der Waals surface area contributed by atoms with Crippen molar-refractivity contribution in [3.8, 4) is 0 Å². The van der Waals surface area contributed by atoms with Gasteiger partial charge >= 0.3 is 0 Å². The molecule has 0 fully saturated rings. The number of nitrogens with zero attached hydrogens (tertiary/aromatic N) is 3. The number of pyridine rings is 1. The molecule has 0 aliphatic carbocycles. The smallest absolute Gasteiger partial charge is 0.160 e. The molecule has 2 heterocycles. The summed E-state index contributed by atoms with van der Waals surface area (Å²) in [5.41, 5.74) is 7.37. The summed E-state index contributed by atoms with van der Waals surface area (Å²) in [5.74, 6) is 1.12. The van der Waals surface area contributed by atoms with Gasteiger partial charge in [0.05, 0.1) is 10.0 Å². The molecule has 0 spiro atoms. The number of hydrogen-bond acceptors (Lipinski definition) is 3. The number of hydrogen-bond donors (Lipinski definition) is 1. The van der Waals surface area contributed by atoms with Gasteiger partial charge in [-0.3, -0.25) is 0 Å². The molecule has 2 rings (SSSR count). The van der Waals surface area contributed by atoms with Crippen molar-refractivity contribution in [1.82, 2.24) is 14.5 Å². The van der Waals surface area contributed by atoms with E-state index in [0.717, 1.165) is 29.8 Å². The minimum Gasteiger partial charge on any atom is -0.393 e. The highest BCUT2D eigenvalue weighted by atomic mass is 35.5. The zero-order chi connectivity index (χ0) is 14.0. The fraction of sp³-hybridized carbons (Fsp3) is 0.462. The highest BCUT2D eigenvalue weighted by Gasteiger charge is 2.15. The second-order valence-electron chi connectivity index (χ2n) is 4.69. The third kappa shape index (κ3) is 3.04. The molecule has 102 valence electrons. The van der Waals surface area contributed by atoms with E-state index in [4.69, 9.17) is 29.6 Å². The number of aromatic nitrogens is 3. The first-order valence-electron chi connectivity index (χ1n) is 6.33. The average molecular weight is 297 g/mol. The van der Waals surface area contributed by atoms with Crippen LogP contribution in [0.3, 0.4) is 0 Å². The van der Waals surface area contributed by atoms with E-state index in [0.29, 0.717) is 16.6 Å². The predicted octanol–water partition coefficient (Wildman–Crippen LogP) is 2.96.